The first-order chi connectivity index (χ1) is 15.9. The van der Waals surface area contributed by atoms with Gasteiger partial charge in [0.05, 0.1) is 33.8 Å². The van der Waals surface area contributed by atoms with E-state index in [1.54, 1.807) is 19.1 Å². The minimum atomic E-state index is -0.617. The summed E-state index contributed by atoms with van der Waals surface area (Å²) in [5.41, 5.74) is 8.68. The van der Waals surface area contributed by atoms with Gasteiger partial charge < -0.3 is 15.5 Å². The number of amides is 1. The zero-order valence-corrected chi connectivity index (χ0v) is 18.6. The zero-order valence-electron chi connectivity index (χ0n) is 17.8. The third-order valence-electron chi connectivity index (χ3n) is 4.94. The molecule has 0 fully saturated rings. The summed E-state index contributed by atoms with van der Waals surface area (Å²) in [6, 6.07) is 16.7. The Morgan fingerprint density at radius 1 is 1.15 bits per heavy atom. The van der Waals surface area contributed by atoms with Gasteiger partial charge >= 0.3 is 0 Å². The lowest BCUT2D eigenvalue weighted by atomic mass is 10.0. The molecule has 33 heavy (non-hydrogen) atoms. The molecule has 4 rings (SSSR count). The highest BCUT2D eigenvalue weighted by Crippen LogP contribution is 2.37. The number of benzene rings is 1. The fourth-order valence-corrected chi connectivity index (χ4v) is 4.33. The molecule has 3 aromatic heterocycles. The monoisotopic (exact) mass is 454 g/mol. The standard InChI is InChI=1S/C24H18N6O2S/c1-13-10-19(15-6-3-4-7-18(15)28-13)29-23(31)14(2)33-24-17(12-26)21(20-8-5-9-32-20)16(11-25)22(27)30-24/h3-10,14H,1-2H3,(H2,27,30)(H,28,29,31). The third kappa shape index (κ3) is 4.22. The van der Waals surface area contributed by atoms with E-state index in [-0.39, 0.29) is 33.4 Å². The molecule has 1 amide bonds. The number of nitrogens with one attached hydrogen (secondary N) is 1. The van der Waals surface area contributed by atoms with Gasteiger partial charge in [0.2, 0.25) is 5.91 Å². The fraction of sp³-hybridized carbons (Fsp3) is 0.125. The minimum absolute atomic E-state index is 0.0336. The Morgan fingerprint density at radius 3 is 2.61 bits per heavy atom. The number of para-hydroxylation sites is 1. The molecule has 0 aliphatic rings. The summed E-state index contributed by atoms with van der Waals surface area (Å²) in [6.07, 6.45) is 1.44. The molecule has 3 heterocycles. The molecule has 0 aliphatic heterocycles. The van der Waals surface area contributed by atoms with E-state index in [9.17, 15) is 15.3 Å². The molecule has 1 atom stereocenters. The average Bonchev–Trinajstić information content (AvgIpc) is 3.33. The van der Waals surface area contributed by atoms with Gasteiger partial charge in [0.1, 0.15) is 34.3 Å². The molecule has 0 radical (unpaired) electrons. The second-order valence-electron chi connectivity index (χ2n) is 7.21. The summed E-state index contributed by atoms with van der Waals surface area (Å²) in [4.78, 5) is 21.8. The van der Waals surface area contributed by atoms with Crippen LogP contribution in [0.4, 0.5) is 11.5 Å². The highest BCUT2D eigenvalue weighted by molar-refractivity contribution is 8.00. The van der Waals surface area contributed by atoms with Crippen molar-refractivity contribution in [2.75, 3.05) is 11.1 Å². The number of fused-ring (bicyclic) bond motifs is 1. The van der Waals surface area contributed by atoms with E-state index in [0.717, 1.165) is 28.4 Å². The van der Waals surface area contributed by atoms with Crippen molar-refractivity contribution in [3.8, 4) is 23.5 Å². The van der Waals surface area contributed by atoms with Crippen LogP contribution in [0.3, 0.4) is 0 Å². The number of nitriles is 2. The van der Waals surface area contributed by atoms with Crippen LogP contribution in [0.5, 0.6) is 0 Å². The number of pyridine rings is 2. The van der Waals surface area contributed by atoms with Crippen LogP contribution in [-0.2, 0) is 4.79 Å². The van der Waals surface area contributed by atoms with Gasteiger partial charge in [-0.1, -0.05) is 30.0 Å². The smallest absolute Gasteiger partial charge is 0.237 e. The van der Waals surface area contributed by atoms with Gasteiger partial charge in [-0.05, 0) is 38.1 Å². The van der Waals surface area contributed by atoms with Gasteiger partial charge in [0.15, 0.2) is 0 Å². The second kappa shape index (κ2) is 9.03. The molecule has 0 saturated heterocycles. The Hall–Kier alpha value is -4.34. The minimum Gasteiger partial charge on any atom is -0.464 e. The van der Waals surface area contributed by atoms with E-state index in [1.165, 1.54) is 6.26 Å². The molecule has 4 aromatic rings. The normalized spacial score (nSPS) is 11.5. The first-order valence-corrected chi connectivity index (χ1v) is 10.8. The molecule has 0 bridgehead atoms. The van der Waals surface area contributed by atoms with Gasteiger partial charge in [-0.2, -0.15) is 10.5 Å². The average molecular weight is 455 g/mol. The first-order valence-electron chi connectivity index (χ1n) is 9.94. The van der Waals surface area contributed by atoms with Crippen molar-refractivity contribution in [2.45, 2.75) is 24.1 Å². The van der Waals surface area contributed by atoms with E-state index in [0.29, 0.717) is 11.4 Å². The lowest BCUT2D eigenvalue weighted by molar-refractivity contribution is -0.115. The van der Waals surface area contributed by atoms with Crippen molar-refractivity contribution in [3.63, 3.8) is 0 Å². The number of carbonyl (C=O) groups excluding carboxylic acids is 1. The lowest BCUT2D eigenvalue weighted by Crippen LogP contribution is -2.23. The predicted molar refractivity (Wildman–Crippen MR) is 126 cm³/mol. The third-order valence-corrected chi connectivity index (χ3v) is 6.03. The maximum absolute atomic E-state index is 13.0. The van der Waals surface area contributed by atoms with Crippen molar-refractivity contribution >= 4 is 40.1 Å². The number of nitrogens with zero attached hydrogens (tertiary/aromatic N) is 4. The van der Waals surface area contributed by atoms with Crippen LogP contribution in [-0.4, -0.2) is 21.1 Å². The number of aryl methyl sites for hydroxylation is 1. The number of rotatable bonds is 5. The van der Waals surface area contributed by atoms with Crippen molar-refractivity contribution < 1.29 is 9.21 Å². The van der Waals surface area contributed by atoms with Crippen molar-refractivity contribution in [1.29, 1.82) is 10.5 Å². The number of nitrogens with two attached hydrogens (primary N) is 1. The van der Waals surface area contributed by atoms with Gasteiger partial charge in [0, 0.05) is 11.1 Å². The van der Waals surface area contributed by atoms with E-state index in [4.69, 9.17) is 10.2 Å². The maximum atomic E-state index is 13.0. The number of anilines is 2. The summed E-state index contributed by atoms with van der Waals surface area (Å²) in [6.45, 7) is 3.57. The molecule has 3 N–H and O–H groups in total. The number of hydrogen-bond donors (Lipinski definition) is 2. The molecule has 0 aliphatic carbocycles. The van der Waals surface area contributed by atoms with E-state index >= 15 is 0 Å². The van der Waals surface area contributed by atoms with Gasteiger partial charge in [-0.25, -0.2) is 4.98 Å². The van der Waals surface area contributed by atoms with Crippen LogP contribution in [0.15, 0.2) is 58.2 Å². The van der Waals surface area contributed by atoms with Crippen LogP contribution in [0.25, 0.3) is 22.2 Å². The lowest BCUT2D eigenvalue weighted by Gasteiger charge is -2.16. The SMILES string of the molecule is Cc1cc(NC(=O)C(C)Sc2nc(N)c(C#N)c(-c3ccco3)c2C#N)c2ccccc2n1. The Kier molecular flexibility index (Phi) is 5.99. The quantitative estimate of drug-likeness (QED) is 0.415. The zero-order chi connectivity index (χ0) is 23.5. The molecule has 9 heteroatoms. The summed E-state index contributed by atoms with van der Waals surface area (Å²) < 4.78 is 5.42. The van der Waals surface area contributed by atoms with Crippen LogP contribution in [0.2, 0.25) is 0 Å². The Bertz CT molecular complexity index is 1450. The van der Waals surface area contributed by atoms with E-state index < -0.39 is 5.25 Å². The van der Waals surface area contributed by atoms with Gasteiger partial charge in [0.25, 0.3) is 0 Å². The Balaban J connectivity index is 1.67. The van der Waals surface area contributed by atoms with E-state index in [1.807, 2.05) is 43.3 Å². The van der Waals surface area contributed by atoms with Gasteiger partial charge in [-0.15, -0.1) is 0 Å². The second-order valence-corrected chi connectivity index (χ2v) is 8.54. The molecular weight excluding hydrogens is 436 g/mol. The summed E-state index contributed by atoms with van der Waals surface area (Å²) in [5.74, 6) is 0.0209. The number of aromatic nitrogens is 2. The maximum Gasteiger partial charge on any atom is 0.237 e. The molecule has 1 aromatic carbocycles. The molecule has 0 spiro atoms. The summed E-state index contributed by atoms with van der Waals surface area (Å²) in [5, 5.41) is 22.8. The largest absolute Gasteiger partial charge is 0.464 e. The van der Waals surface area contributed by atoms with Crippen LogP contribution in [0, 0.1) is 29.6 Å². The molecular formula is C24H18N6O2S. The number of hydrogen-bond acceptors (Lipinski definition) is 8. The van der Waals surface area contributed by atoms with Gasteiger partial charge in [-0.3, -0.25) is 9.78 Å². The van der Waals surface area contributed by atoms with E-state index in [2.05, 4.69) is 21.4 Å². The highest BCUT2D eigenvalue weighted by atomic mass is 32.2. The molecule has 162 valence electrons. The fourth-order valence-electron chi connectivity index (χ4n) is 3.42. The number of thioether (sulfide) groups is 1. The highest BCUT2D eigenvalue weighted by Gasteiger charge is 2.25. The van der Waals surface area contributed by atoms with Crippen molar-refractivity contribution in [3.05, 3.63) is 65.5 Å². The number of carbonyl (C=O) groups is 1. The van der Waals surface area contributed by atoms with Crippen LogP contribution in [0.1, 0.15) is 23.7 Å². The first kappa shape index (κ1) is 21.9. The Morgan fingerprint density at radius 2 is 1.91 bits per heavy atom. The summed E-state index contributed by atoms with van der Waals surface area (Å²) in [7, 11) is 0. The molecule has 0 saturated carbocycles. The number of furan rings is 1. The van der Waals surface area contributed by atoms with Crippen LogP contribution >= 0.6 is 11.8 Å². The Labute approximate surface area is 194 Å². The van der Waals surface area contributed by atoms with Crippen molar-refractivity contribution in [1.82, 2.24) is 9.97 Å². The van der Waals surface area contributed by atoms with Crippen molar-refractivity contribution in [2.24, 2.45) is 0 Å². The summed E-state index contributed by atoms with van der Waals surface area (Å²) >= 11 is 1.08. The molecule has 8 nitrogen and oxygen atoms in total. The number of nitrogen functional groups attached to an aromatic ring is 1. The topological polar surface area (TPSA) is 142 Å². The predicted octanol–water partition coefficient (Wildman–Crippen LogP) is 4.64. The van der Waals surface area contributed by atoms with Crippen LogP contribution < -0.4 is 11.1 Å². The molecule has 1 unspecified atom stereocenters.